The molecule has 15 heavy (non-hydrogen) atoms. The van der Waals surface area contributed by atoms with Gasteiger partial charge in [-0.1, -0.05) is 0 Å². The van der Waals surface area contributed by atoms with Crippen LogP contribution in [0, 0.1) is 0 Å². The number of hydrogen-bond donors (Lipinski definition) is 0. The van der Waals surface area contributed by atoms with E-state index in [-0.39, 0.29) is 5.66 Å². The van der Waals surface area contributed by atoms with E-state index in [2.05, 4.69) is 0 Å². The van der Waals surface area contributed by atoms with Crippen LogP contribution in [0.4, 0.5) is 0 Å². The lowest BCUT2D eigenvalue weighted by Crippen LogP contribution is -2.02. The molecule has 0 saturated carbocycles. The molecule has 0 bridgehead atoms. The van der Waals surface area contributed by atoms with Gasteiger partial charge in [-0.3, -0.25) is 4.57 Å². The molecule has 1 rings (SSSR count). The van der Waals surface area contributed by atoms with Gasteiger partial charge in [0.15, 0.2) is 0 Å². The molecule has 0 spiro atoms. The minimum Gasteiger partial charge on any atom is -0.472 e. The maximum Gasteiger partial charge on any atom is 0.337 e. The molecule has 0 fully saturated rings. The third kappa shape index (κ3) is 2.94. The molecule has 1 aromatic rings. The molecule has 86 valence electrons. The molecule has 0 amide bonds. The van der Waals surface area contributed by atoms with Crippen LogP contribution in [-0.4, -0.2) is 13.2 Å². The van der Waals surface area contributed by atoms with Crippen molar-refractivity contribution in [2.24, 2.45) is 0 Å². The lowest BCUT2D eigenvalue weighted by atomic mass is 10.3. The van der Waals surface area contributed by atoms with Gasteiger partial charge in [0.2, 0.25) is 0 Å². The lowest BCUT2D eigenvalue weighted by molar-refractivity contribution is 0.213. The van der Waals surface area contributed by atoms with Gasteiger partial charge in [-0.25, -0.2) is 0 Å². The Morgan fingerprint density at radius 3 is 2.40 bits per heavy atom. The van der Waals surface area contributed by atoms with Crippen molar-refractivity contribution in [2.75, 3.05) is 13.2 Å². The highest BCUT2D eigenvalue weighted by atomic mass is 31.2. The van der Waals surface area contributed by atoms with Crippen molar-refractivity contribution in [3.8, 4) is 0 Å². The minimum atomic E-state index is -3.06. The van der Waals surface area contributed by atoms with E-state index in [0.717, 1.165) is 5.56 Å². The van der Waals surface area contributed by atoms with Gasteiger partial charge in [-0.2, -0.15) is 0 Å². The van der Waals surface area contributed by atoms with E-state index in [0.29, 0.717) is 13.2 Å². The molecule has 0 aromatic carbocycles. The normalized spacial score (nSPS) is 14.1. The van der Waals surface area contributed by atoms with E-state index in [1.54, 1.807) is 32.4 Å². The first-order chi connectivity index (χ1) is 7.14. The predicted molar refractivity (Wildman–Crippen MR) is 58.0 cm³/mol. The van der Waals surface area contributed by atoms with Crippen LogP contribution in [0.1, 0.15) is 32.0 Å². The van der Waals surface area contributed by atoms with Crippen molar-refractivity contribution in [1.29, 1.82) is 0 Å². The van der Waals surface area contributed by atoms with Crippen molar-refractivity contribution in [3.05, 3.63) is 24.2 Å². The zero-order valence-electron chi connectivity index (χ0n) is 9.30. The highest BCUT2D eigenvalue weighted by Crippen LogP contribution is 2.60. The second kappa shape index (κ2) is 5.50. The fourth-order valence-corrected chi connectivity index (χ4v) is 3.07. The number of hydrogen-bond acceptors (Lipinski definition) is 4. The van der Waals surface area contributed by atoms with E-state index < -0.39 is 7.60 Å². The van der Waals surface area contributed by atoms with Crippen molar-refractivity contribution < 1.29 is 18.0 Å². The zero-order valence-corrected chi connectivity index (χ0v) is 10.2. The van der Waals surface area contributed by atoms with Gasteiger partial charge in [0.05, 0.1) is 31.4 Å². The fourth-order valence-electron chi connectivity index (χ4n) is 1.32. The highest BCUT2D eigenvalue weighted by molar-refractivity contribution is 7.54. The van der Waals surface area contributed by atoms with Gasteiger partial charge in [0.1, 0.15) is 0 Å². The highest BCUT2D eigenvalue weighted by Gasteiger charge is 2.33. The van der Waals surface area contributed by atoms with Crippen molar-refractivity contribution in [3.63, 3.8) is 0 Å². The van der Waals surface area contributed by atoms with Gasteiger partial charge < -0.3 is 13.5 Å². The van der Waals surface area contributed by atoms with E-state index in [4.69, 9.17) is 13.5 Å². The predicted octanol–water partition coefficient (Wildman–Crippen LogP) is 3.61. The smallest absolute Gasteiger partial charge is 0.337 e. The molecule has 1 aromatic heterocycles. The Balaban J connectivity index is 2.84. The summed E-state index contributed by atoms with van der Waals surface area (Å²) < 4.78 is 27.8. The van der Waals surface area contributed by atoms with Crippen LogP contribution in [0.2, 0.25) is 0 Å². The van der Waals surface area contributed by atoms with Gasteiger partial charge in [0.25, 0.3) is 0 Å². The van der Waals surface area contributed by atoms with E-state index in [1.807, 2.05) is 6.92 Å². The molecular weight excluding hydrogens is 215 g/mol. The molecule has 1 heterocycles. The maximum absolute atomic E-state index is 12.3. The molecule has 0 radical (unpaired) electrons. The minimum absolute atomic E-state index is 0.295. The average Bonchev–Trinajstić information content (AvgIpc) is 2.70. The average molecular weight is 232 g/mol. The molecular formula is C10H17O4P. The zero-order chi connectivity index (χ0) is 11.3. The Labute approximate surface area is 90.1 Å². The van der Waals surface area contributed by atoms with Gasteiger partial charge >= 0.3 is 7.60 Å². The van der Waals surface area contributed by atoms with Crippen LogP contribution in [0.5, 0.6) is 0 Å². The third-order valence-electron chi connectivity index (χ3n) is 2.12. The van der Waals surface area contributed by atoms with E-state index >= 15 is 0 Å². The molecule has 1 atom stereocenters. The Kier molecular flexibility index (Phi) is 4.58. The second-order valence-corrected chi connectivity index (χ2v) is 5.48. The van der Waals surface area contributed by atoms with Crippen LogP contribution < -0.4 is 0 Å². The fraction of sp³-hybridized carbons (Fsp3) is 0.600. The molecule has 0 aliphatic rings. The summed E-state index contributed by atoms with van der Waals surface area (Å²) in [5, 5.41) is 0. The Bertz CT molecular complexity index is 310. The molecule has 1 unspecified atom stereocenters. The van der Waals surface area contributed by atoms with Crippen molar-refractivity contribution in [2.45, 2.75) is 26.4 Å². The first-order valence-electron chi connectivity index (χ1n) is 5.05. The van der Waals surface area contributed by atoms with Crippen LogP contribution >= 0.6 is 7.60 Å². The molecule has 0 aliphatic carbocycles. The second-order valence-electron chi connectivity index (χ2n) is 3.11. The number of rotatable bonds is 6. The van der Waals surface area contributed by atoms with Gasteiger partial charge in [-0.05, 0) is 26.8 Å². The first-order valence-corrected chi connectivity index (χ1v) is 6.66. The topological polar surface area (TPSA) is 48.7 Å². The molecule has 0 saturated heterocycles. The van der Waals surface area contributed by atoms with Crippen molar-refractivity contribution >= 4 is 7.60 Å². The lowest BCUT2D eigenvalue weighted by Gasteiger charge is -2.22. The Morgan fingerprint density at radius 1 is 1.40 bits per heavy atom. The third-order valence-corrected chi connectivity index (χ3v) is 4.60. The molecule has 4 nitrogen and oxygen atoms in total. The summed E-state index contributed by atoms with van der Waals surface area (Å²) in [7, 11) is -3.06. The summed E-state index contributed by atoms with van der Waals surface area (Å²) in [4.78, 5) is 0. The molecule has 5 heteroatoms. The summed E-state index contributed by atoms with van der Waals surface area (Å²) in [5.74, 6) is 0. The Morgan fingerprint density at radius 2 is 2.00 bits per heavy atom. The van der Waals surface area contributed by atoms with E-state index in [9.17, 15) is 4.57 Å². The number of furan rings is 1. The van der Waals surface area contributed by atoms with Crippen LogP contribution in [0.15, 0.2) is 23.0 Å². The largest absolute Gasteiger partial charge is 0.472 e. The monoisotopic (exact) mass is 232 g/mol. The first kappa shape index (κ1) is 12.5. The van der Waals surface area contributed by atoms with Crippen molar-refractivity contribution in [1.82, 2.24) is 0 Å². The summed E-state index contributed by atoms with van der Waals surface area (Å²) in [6, 6.07) is 1.77. The quantitative estimate of drug-likeness (QED) is 0.703. The summed E-state index contributed by atoms with van der Waals surface area (Å²) >= 11 is 0. The van der Waals surface area contributed by atoms with Crippen LogP contribution in [-0.2, 0) is 13.6 Å². The Hall–Kier alpha value is -0.570. The van der Waals surface area contributed by atoms with Gasteiger partial charge in [0, 0.05) is 5.56 Å². The van der Waals surface area contributed by atoms with Crippen LogP contribution in [0.3, 0.4) is 0 Å². The molecule has 0 N–H and O–H groups in total. The SMILES string of the molecule is CCOP(=O)(OCC)C(C)c1ccoc1. The summed E-state index contributed by atoms with van der Waals surface area (Å²) in [6.45, 7) is 6.16. The van der Waals surface area contributed by atoms with E-state index in [1.165, 1.54) is 0 Å². The van der Waals surface area contributed by atoms with Gasteiger partial charge in [-0.15, -0.1) is 0 Å². The summed E-state index contributed by atoms with van der Waals surface area (Å²) in [6.07, 6.45) is 3.11. The molecule has 0 aliphatic heterocycles. The maximum atomic E-state index is 12.3. The van der Waals surface area contributed by atoms with Crippen LogP contribution in [0.25, 0.3) is 0 Å². The standard InChI is InChI=1S/C10H17O4P/c1-4-13-15(11,14-5-2)9(3)10-6-7-12-8-10/h6-9H,4-5H2,1-3H3. The summed E-state index contributed by atoms with van der Waals surface area (Å²) in [5.41, 5.74) is 0.538.